The van der Waals surface area contributed by atoms with Gasteiger partial charge in [0.1, 0.15) is 18.4 Å². The van der Waals surface area contributed by atoms with Crippen molar-refractivity contribution in [1.29, 1.82) is 0 Å². The van der Waals surface area contributed by atoms with E-state index in [9.17, 15) is 14.4 Å². The Balaban J connectivity index is 1.36. The number of hydrogen-bond donors (Lipinski definition) is 2. The third kappa shape index (κ3) is 3.57. The topological polar surface area (TPSA) is 122 Å². The van der Waals surface area contributed by atoms with Crippen LogP contribution in [0.25, 0.3) is 16.5 Å². The lowest BCUT2D eigenvalue weighted by atomic mass is 9.91. The van der Waals surface area contributed by atoms with Gasteiger partial charge in [-0.05, 0) is 46.5 Å². The first-order valence-corrected chi connectivity index (χ1v) is 10.2. The number of amides is 4. The molecule has 10 nitrogen and oxygen atoms in total. The zero-order valence-electron chi connectivity index (χ0n) is 17.6. The van der Waals surface area contributed by atoms with E-state index in [0.717, 1.165) is 15.7 Å². The number of anilines is 1. The molecule has 1 fully saturated rings. The van der Waals surface area contributed by atoms with Crippen molar-refractivity contribution in [3.05, 3.63) is 78.6 Å². The van der Waals surface area contributed by atoms with Crippen molar-refractivity contribution >= 4 is 34.3 Å². The van der Waals surface area contributed by atoms with Gasteiger partial charge in [-0.15, -0.1) is 5.10 Å². The number of urea groups is 1. The average Bonchev–Trinajstić information content (AvgIpc) is 3.44. The van der Waals surface area contributed by atoms with E-state index in [1.165, 1.54) is 11.0 Å². The summed E-state index contributed by atoms with van der Waals surface area (Å²) >= 11 is 0. The molecule has 10 heteroatoms. The van der Waals surface area contributed by atoms with Gasteiger partial charge in [-0.1, -0.05) is 48.5 Å². The van der Waals surface area contributed by atoms with E-state index >= 15 is 0 Å². The molecule has 2 N–H and O–H groups in total. The van der Waals surface area contributed by atoms with E-state index in [4.69, 9.17) is 0 Å². The van der Waals surface area contributed by atoms with Crippen molar-refractivity contribution in [3.8, 4) is 5.69 Å². The number of tetrazole rings is 1. The Kier molecular flexibility index (Phi) is 4.82. The number of rotatable bonds is 5. The molecule has 1 aliphatic heterocycles. The molecule has 3 aromatic carbocycles. The van der Waals surface area contributed by atoms with E-state index in [1.54, 1.807) is 37.3 Å². The fraction of sp³-hybridized carbons (Fsp3) is 0.130. The normalized spacial score (nSPS) is 17.9. The van der Waals surface area contributed by atoms with Crippen LogP contribution in [0.3, 0.4) is 0 Å². The number of fused-ring (bicyclic) bond motifs is 1. The number of carbonyl (C=O) groups is 3. The summed E-state index contributed by atoms with van der Waals surface area (Å²) in [6, 6.07) is 19.5. The van der Waals surface area contributed by atoms with Crippen LogP contribution in [0, 0.1) is 0 Å². The van der Waals surface area contributed by atoms with Crippen LogP contribution in [0.4, 0.5) is 10.5 Å². The molecule has 1 unspecified atom stereocenters. The van der Waals surface area contributed by atoms with E-state index in [-0.39, 0.29) is 0 Å². The van der Waals surface area contributed by atoms with E-state index < -0.39 is 29.9 Å². The SMILES string of the molecule is CC1(c2cccc(-n3cnnn3)c2)NC(=O)N(CC(=O)Nc2cccc3ccccc23)C1=O. The number of hydrogen-bond acceptors (Lipinski definition) is 6. The summed E-state index contributed by atoms with van der Waals surface area (Å²) in [6.45, 7) is 1.20. The Hall–Kier alpha value is -4.60. The van der Waals surface area contributed by atoms with Crippen molar-refractivity contribution in [2.45, 2.75) is 12.5 Å². The summed E-state index contributed by atoms with van der Waals surface area (Å²) < 4.78 is 1.45. The van der Waals surface area contributed by atoms with Gasteiger partial charge in [0.15, 0.2) is 0 Å². The van der Waals surface area contributed by atoms with Gasteiger partial charge in [0, 0.05) is 11.1 Å². The second kappa shape index (κ2) is 7.83. The van der Waals surface area contributed by atoms with Gasteiger partial charge in [-0.3, -0.25) is 14.5 Å². The predicted octanol–water partition coefficient (Wildman–Crippen LogP) is 2.22. The number of aromatic nitrogens is 4. The van der Waals surface area contributed by atoms with Crippen LogP contribution < -0.4 is 10.6 Å². The first kappa shape index (κ1) is 20.3. The minimum Gasteiger partial charge on any atom is -0.324 e. The molecular weight excluding hydrogens is 422 g/mol. The number of carbonyl (C=O) groups excluding carboxylic acids is 3. The molecule has 1 saturated heterocycles. The van der Waals surface area contributed by atoms with Gasteiger partial charge in [0.05, 0.1) is 5.69 Å². The average molecular weight is 441 g/mol. The van der Waals surface area contributed by atoms with Crippen molar-refractivity contribution < 1.29 is 14.4 Å². The third-order valence-corrected chi connectivity index (χ3v) is 5.68. The fourth-order valence-corrected chi connectivity index (χ4v) is 3.94. The first-order chi connectivity index (χ1) is 16.0. The van der Waals surface area contributed by atoms with Crippen LogP contribution in [0.15, 0.2) is 73.1 Å². The predicted molar refractivity (Wildman–Crippen MR) is 119 cm³/mol. The van der Waals surface area contributed by atoms with Crippen LogP contribution in [0.1, 0.15) is 12.5 Å². The Morgan fingerprint density at radius 3 is 2.67 bits per heavy atom. The third-order valence-electron chi connectivity index (χ3n) is 5.68. The van der Waals surface area contributed by atoms with Crippen LogP contribution in [-0.2, 0) is 15.1 Å². The summed E-state index contributed by atoms with van der Waals surface area (Å²) in [5.41, 5.74) is 0.460. The van der Waals surface area contributed by atoms with Gasteiger partial charge in [-0.25, -0.2) is 9.48 Å². The molecule has 0 radical (unpaired) electrons. The fourth-order valence-electron chi connectivity index (χ4n) is 3.94. The molecule has 1 aromatic heterocycles. The van der Waals surface area contributed by atoms with Gasteiger partial charge in [0.2, 0.25) is 5.91 Å². The number of nitrogens with one attached hydrogen (secondary N) is 2. The zero-order valence-corrected chi connectivity index (χ0v) is 17.6. The second-order valence-electron chi connectivity index (χ2n) is 7.83. The van der Waals surface area contributed by atoms with Crippen molar-refractivity contribution in [1.82, 2.24) is 30.4 Å². The molecule has 0 aliphatic carbocycles. The number of nitrogens with zero attached hydrogens (tertiary/aromatic N) is 5. The van der Waals surface area contributed by atoms with Gasteiger partial charge in [-0.2, -0.15) is 0 Å². The quantitative estimate of drug-likeness (QED) is 0.458. The highest BCUT2D eigenvalue weighted by molar-refractivity contribution is 6.11. The summed E-state index contributed by atoms with van der Waals surface area (Å²) in [7, 11) is 0. The maximum Gasteiger partial charge on any atom is 0.325 e. The zero-order chi connectivity index (χ0) is 23.0. The Morgan fingerprint density at radius 2 is 1.85 bits per heavy atom. The Labute approximate surface area is 188 Å². The first-order valence-electron chi connectivity index (χ1n) is 10.2. The van der Waals surface area contributed by atoms with E-state index in [0.29, 0.717) is 16.9 Å². The summed E-state index contributed by atoms with van der Waals surface area (Å²) in [5, 5.41) is 18.4. The lowest BCUT2D eigenvalue weighted by Gasteiger charge is -2.22. The Bertz CT molecular complexity index is 1380. The lowest BCUT2D eigenvalue weighted by molar-refractivity contribution is -0.133. The minimum absolute atomic E-state index is 0.407. The second-order valence-corrected chi connectivity index (χ2v) is 7.83. The van der Waals surface area contributed by atoms with Gasteiger partial charge >= 0.3 is 6.03 Å². The maximum absolute atomic E-state index is 13.3. The molecular formula is C23H19N7O3. The molecule has 164 valence electrons. The Morgan fingerprint density at radius 1 is 1.06 bits per heavy atom. The van der Waals surface area contributed by atoms with Gasteiger partial charge in [0.25, 0.3) is 5.91 Å². The molecule has 1 atom stereocenters. The highest BCUT2D eigenvalue weighted by Crippen LogP contribution is 2.30. The van der Waals surface area contributed by atoms with Crippen molar-refractivity contribution in [3.63, 3.8) is 0 Å². The highest BCUT2D eigenvalue weighted by Gasteiger charge is 2.49. The van der Waals surface area contributed by atoms with Gasteiger partial charge < -0.3 is 10.6 Å². The van der Waals surface area contributed by atoms with Crippen LogP contribution >= 0.6 is 0 Å². The molecule has 0 spiro atoms. The van der Waals surface area contributed by atoms with Crippen molar-refractivity contribution in [2.75, 3.05) is 11.9 Å². The number of benzene rings is 3. The molecule has 0 bridgehead atoms. The molecule has 33 heavy (non-hydrogen) atoms. The lowest BCUT2D eigenvalue weighted by Crippen LogP contribution is -2.42. The van der Waals surface area contributed by atoms with Crippen molar-refractivity contribution in [2.24, 2.45) is 0 Å². The molecule has 4 amide bonds. The van der Waals surface area contributed by atoms with Crippen LogP contribution in [0.5, 0.6) is 0 Å². The number of imide groups is 1. The molecule has 1 aliphatic rings. The summed E-state index contributed by atoms with van der Waals surface area (Å²) in [5.74, 6) is -0.990. The van der Waals surface area contributed by atoms with Crippen LogP contribution in [-0.4, -0.2) is 49.5 Å². The minimum atomic E-state index is -1.33. The monoisotopic (exact) mass is 441 g/mol. The molecule has 2 heterocycles. The maximum atomic E-state index is 13.3. The standard InChI is InChI=1S/C23H19N7O3/c1-23(16-8-5-9-17(12-16)30-14-24-27-28-30)21(32)29(22(33)26-23)13-20(31)25-19-11-4-7-15-6-2-3-10-18(15)19/h2-12,14H,13H2,1H3,(H,25,31)(H,26,33). The largest absolute Gasteiger partial charge is 0.325 e. The summed E-state index contributed by atoms with van der Waals surface area (Å²) in [6.07, 6.45) is 1.43. The smallest absolute Gasteiger partial charge is 0.324 e. The van der Waals surface area contributed by atoms with Crippen LogP contribution in [0.2, 0.25) is 0 Å². The van der Waals surface area contributed by atoms with E-state index in [2.05, 4.69) is 26.2 Å². The molecule has 5 rings (SSSR count). The van der Waals surface area contributed by atoms with E-state index in [1.807, 2.05) is 36.4 Å². The highest BCUT2D eigenvalue weighted by atomic mass is 16.2. The summed E-state index contributed by atoms with van der Waals surface area (Å²) in [4.78, 5) is 39.6. The molecule has 4 aromatic rings. The molecule has 0 saturated carbocycles.